The van der Waals surface area contributed by atoms with Crippen LogP contribution in [0.1, 0.15) is 18.5 Å². The van der Waals surface area contributed by atoms with E-state index in [9.17, 15) is 0 Å². The number of anilines is 1. The highest BCUT2D eigenvalue weighted by molar-refractivity contribution is 6.30. The van der Waals surface area contributed by atoms with Crippen molar-refractivity contribution in [2.75, 3.05) is 25.5 Å². The average molecular weight is 333 g/mol. The van der Waals surface area contributed by atoms with Gasteiger partial charge in [-0.05, 0) is 43.7 Å². The Morgan fingerprint density at radius 3 is 2.83 bits per heavy atom. The molecule has 0 aliphatic carbocycles. The van der Waals surface area contributed by atoms with E-state index in [0.717, 1.165) is 36.6 Å². The number of hydrogen-bond donors (Lipinski definition) is 2. The Morgan fingerprint density at radius 1 is 1.30 bits per heavy atom. The summed E-state index contributed by atoms with van der Waals surface area (Å²) in [6, 6.07) is 9.91. The van der Waals surface area contributed by atoms with E-state index in [-0.39, 0.29) is 0 Å². The molecule has 5 nitrogen and oxygen atoms in total. The second-order valence-electron chi connectivity index (χ2n) is 5.70. The highest BCUT2D eigenvalue weighted by Gasteiger charge is 2.14. The number of halogens is 1. The van der Waals surface area contributed by atoms with E-state index in [4.69, 9.17) is 16.3 Å². The van der Waals surface area contributed by atoms with Crippen LogP contribution in [0.25, 0.3) is 11.4 Å². The van der Waals surface area contributed by atoms with Crippen LogP contribution in [0.5, 0.6) is 0 Å². The number of rotatable bonds is 5. The summed E-state index contributed by atoms with van der Waals surface area (Å²) >= 11 is 5.96. The van der Waals surface area contributed by atoms with Gasteiger partial charge in [-0.2, -0.15) is 0 Å². The van der Waals surface area contributed by atoms with Crippen LogP contribution in [0.2, 0.25) is 5.02 Å². The van der Waals surface area contributed by atoms with Crippen LogP contribution in [0, 0.1) is 0 Å². The van der Waals surface area contributed by atoms with Gasteiger partial charge in [-0.3, -0.25) is 0 Å². The molecule has 0 saturated carbocycles. The normalized spacial score (nSPS) is 17.9. The smallest absolute Gasteiger partial charge is 0.161 e. The summed E-state index contributed by atoms with van der Waals surface area (Å²) in [5.41, 5.74) is 1.80. The number of aromatic nitrogens is 2. The summed E-state index contributed by atoms with van der Waals surface area (Å²) in [6.45, 7) is 2.51. The first-order chi connectivity index (χ1) is 11.2. The summed E-state index contributed by atoms with van der Waals surface area (Å²) in [5, 5.41) is 7.61. The van der Waals surface area contributed by atoms with Crippen LogP contribution in [-0.4, -0.2) is 36.2 Å². The number of methoxy groups -OCH3 is 1. The zero-order valence-corrected chi connectivity index (χ0v) is 13.9. The maximum Gasteiger partial charge on any atom is 0.161 e. The molecule has 0 bridgehead atoms. The number of ether oxygens (including phenoxy) is 1. The minimum Gasteiger partial charge on any atom is -0.378 e. The Kier molecular flexibility index (Phi) is 5.43. The topological polar surface area (TPSA) is 59.1 Å². The SMILES string of the molecule is COCc1cc(NC2CCCNC2)nc(-c2ccc(Cl)cc2)n1. The van der Waals surface area contributed by atoms with Gasteiger partial charge in [-0.25, -0.2) is 9.97 Å². The molecule has 0 spiro atoms. The highest BCUT2D eigenvalue weighted by Crippen LogP contribution is 2.21. The Labute approximate surface area is 141 Å². The lowest BCUT2D eigenvalue weighted by atomic mass is 10.1. The monoisotopic (exact) mass is 332 g/mol. The molecule has 23 heavy (non-hydrogen) atoms. The second-order valence-corrected chi connectivity index (χ2v) is 6.13. The van der Waals surface area contributed by atoms with Crippen molar-refractivity contribution in [2.45, 2.75) is 25.5 Å². The Hall–Kier alpha value is -1.69. The maximum absolute atomic E-state index is 5.96. The third-order valence-corrected chi connectivity index (χ3v) is 4.07. The van der Waals surface area contributed by atoms with Crippen LogP contribution in [-0.2, 0) is 11.3 Å². The first-order valence-electron chi connectivity index (χ1n) is 7.84. The summed E-state index contributed by atoms with van der Waals surface area (Å²) in [7, 11) is 1.67. The zero-order valence-electron chi connectivity index (χ0n) is 13.2. The second kappa shape index (κ2) is 7.73. The van der Waals surface area contributed by atoms with Gasteiger partial charge in [0.2, 0.25) is 0 Å². The van der Waals surface area contributed by atoms with Crippen LogP contribution in [0.4, 0.5) is 5.82 Å². The lowest BCUT2D eigenvalue weighted by Gasteiger charge is -2.24. The molecule has 1 saturated heterocycles. The van der Waals surface area contributed by atoms with Gasteiger partial charge < -0.3 is 15.4 Å². The van der Waals surface area contributed by atoms with Gasteiger partial charge in [0.1, 0.15) is 5.82 Å². The molecule has 1 aromatic carbocycles. The van der Waals surface area contributed by atoms with Gasteiger partial charge in [-0.1, -0.05) is 11.6 Å². The molecule has 2 N–H and O–H groups in total. The van der Waals surface area contributed by atoms with Gasteiger partial charge in [0.05, 0.1) is 12.3 Å². The fourth-order valence-corrected chi connectivity index (χ4v) is 2.83. The molecule has 1 aliphatic heterocycles. The molecule has 3 rings (SSSR count). The van der Waals surface area contributed by atoms with Gasteiger partial charge in [-0.15, -0.1) is 0 Å². The summed E-state index contributed by atoms with van der Waals surface area (Å²) in [5.74, 6) is 1.52. The van der Waals surface area contributed by atoms with Crippen molar-refractivity contribution in [3.8, 4) is 11.4 Å². The Balaban J connectivity index is 1.87. The van der Waals surface area contributed by atoms with E-state index in [1.807, 2.05) is 30.3 Å². The Morgan fingerprint density at radius 2 is 2.13 bits per heavy atom. The average Bonchev–Trinajstić information content (AvgIpc) is 2.56. The van der Waals surface area contributed by atoms with E-state index in [1.165, 1.54) is 6.42 Å². The quantitative estimate of drug-likeness (QED) is 0.881. The largest absolute Gasteiger partial charge is 0.378 e. The predicted octanol–water partition coefficient (Wildman–Crippen LogP) is 3.11. The summed E-state index contributed by atoms with van der Waals surface area (Å²) in [4.78, 5) is 9.24. The first-order valence-corrected chi connectivity index (χ1v) is 8.22. The third-order valence-electron chi connectivity index (χ3n) is 3.82. The number of nitrogens with one attached hydrogen (secondary N) is 2. The highest BCUT2D eigenvalue weighted by atomic mass is 35.5. The molecule has 1 unspecified atom stereocenters. The van der Waals surface area contributed by atoms with Crippen LogP contribution in [0.3, 0.4) is 0 Å². The minimum atomic E-state index is 0.395. The van der Waals surface area contributed by atoms with Crippen molar-refractivity contribution >= 4 is 17.4 Å². The molecule has 1 aliphatic rings. The van der Waals surface area contributed by atoms with Crippen molar-refractivity contribution in [2.24, 2.45) is 0 Å². The molecule has 6 heteroatoms. The molecule has 1 atom stereocenters. The van der Waals surface area contributed by atoms with E-state index in [2.05, 4.69) is 20.6 Å². The Bertz CT molecular complexity index is 642. The van der Waals surface area contributed by atoms with Crippen molar-refractivity contribution in [1.82, 2.24) is 15.3 Å². The minimum absolute atomic E-state index is 0.395. The predicted molar refractivity (Wildman–Crippen MR) is 92.7 cm³/mol. The number of hydrogen-bond acceptors (Lipinski definition) is 5. The van der Waals surface area contributed by atoms with Gasteiger partial charge in [0, 0.05) is 36.3 Å². The van der Waals surface area contributed by atoms with Gasteiger partial charge >= 0.3 is 0 Å². The molecule has 2 aromatic rings. The summed E-state index contributed by atoms with van der Waals surface area (Å²) < 4.78 is 5.23. The molecule has 1 fully saturated rings. The molecule has 0 amide bonds. The summed E-state index contributed by atoms with van der Waals surface area (Å²) in [6.07, 6.45) is 2.32. The van der Waals surface area contributed by atoms with Crippen molar-refractivity contribution in [1.29, 1.82) is 0 Å². The number of piperidine rings is 1. The van der Waals surface area contributed by atoms with E-state index in [1.54, 1.807) is 7.11 Å². The molecular formula is C17H21ClN4O. The van der Waals surface area contributed by atoms with E-state index < -0.39 is 0 Å². The number of nitrogens with zero attached hydrogens (tertiary/aromatic N) is 2. The third kappa shape index (κ3) is 4.41. The van der Waals surface area contributed by atoms with Crippen molar-refractivity contribution in [3.63, 3.8) is 0 Å². The van der Waals surface area contributed by atoms with E-state index in [0.29, 0.717) is 23.5 Å². The molecule has 122 valence electrons. The fourth-order valence-electron chi connectivity index (χ4n) is 2.71. The molecule has 0 radical (unpaired) electrons. The van der Waals surface area contributed by atoms with Crippen molar-refractivity contribution < 1.29 is 4.74 Å². The molecular weight excluding hydrogens is 312 g/mol. The lowest BCUT2D eigenvalue weighted by Crippen LogP contribution is -2.38. The molecule has 1 aromatic heterocycles. The van der Waals surface area contributed by atoms with Gasteiger partial charge in [0.25, 0.3) is 0 Å². The van der Waals surface area contributed by atoms with Crippen LogP contribution in [0.15, 0.2) is 30.3 Å². The first kappa shape index (κ1) is 16.2. The standard InChI is InChI=1S/C17H21ClN4O/c1-23-11-15-9-16(20-14-3-2-8-19-10-14)22-17(21-15)12-4-6-13(18)7-5-12/h4-7,9,14,19H,2-3,8,10-11H2,1H3,(H,20,21,22). The fraction of sp³-hybridized carbons (Fsp3) is 0.412. The van der Waals surface area contributed by atoms with Gasteiger partial charge in [0.15, 0.2) is 5.82 Å². The van der Waals surface area contributed by atoms with Crippen molar-refractivity contribution in [3.05, 3.63) is 41.0 Å². The van der Waals surface area contributed by atoms with Crippen LogP contribution >= 0.6 is 11.6 Å². The number of benzene rings is 1. The zero-order chi connectivity index (χ0) is 16.1. The van der Waals surface area contributed by atoms with E-state index >= 15 is 0 Å². The van der Waals surface area contributed by atoms with Crippen LogP contribution < -0.4 is 10.6 Å². The lowest BCUT2D eigenvalue weighted by molar-refractivity contribution is 0.181. The maximum atomic E-state index is 5.96. The molecule has 2 heterocycles.